The molecule has 3 atom stereocenters. The Labute approximate surface area is 186 Å². The van der Waals surface area contributed by atoms with Crippen molar-refractivity contribution in [3.8, 4) is 11.5 Å². The highest BCUT2D eigenvalue weighted by Crippen LogP contribution is 2.25. The molecule has 1 aliphatic heterocycles. The van der Waals surface area contributed by atoms with Gasteiger partial charge in [-0.1, -0.05) is 26.0 Å². The topological polar surface area (TPSA) is 75.4 Å². The number of nitrogens with one attached hydrogen (secondary N) is 1. The number of aryl methyl sites for hydroxylation is 1. The van der Waals surface area contributed by atoms with Crippen LogP contribution in [0.25, 0.3) is 11.5 Å². The van der Waals surface area contributed by atoms with Crippen LogP contribution in [-0.2, 0) is 21.3 Å². The van der Waals surface area contributed by atoms with E-state index in [1.165, 1.54) is 12.5 Å². The zero-order valence-electron chi connectivity index (χ0n) is 18.5. The number of nitrogens with zero attached hydrogens (tertiary/aromatic N) is 2. The van der Waals surface area contributed by atoms with Crippen molar-refractivity contribution in [1.29, 1.82) is 0 Å². The summed E-state index contributed by atoms with van der Waals surface area (Å²) in [6.45, 7) is 10.1. The number of halogens is 1. The molecule has 0 spiro atoms. The van der Waals surface area contributed by atoms with Gasteiger partial charge in [0.15, 0.2) is 0 Å². The van der Waals surface area contributed by atoms with Crippen molar-refractivity contribution in [2.45, 2.75) is 39.4 Å². The van der Waals surface area contributed by atoms with Crippen LogP contribution in [0, 0.1) is 24.6 Å². The zero-order chi connectivity index (χ0) is 22.4. The third-order valence-electron chi connectivity index (χ3n) is 5.50. The van der Waals surface area contributed by atoms with E-state index in [-0.39, 0.29) is 28.9 Å². The Morgan fingerprint density at radius 3 is 2.71 bits per heavy atom. The molecule has 3 unspecified atom stereocenters. The lowest BCUT2D eigenvalue weighted by molar-refractivity contribution is -0.118. The van der Waals surface area contributed by atoms with Crippen LogP contribution >= 0.6 is 0 Å². The second kappa shape index (κ2) is 11.0. The first-order chi connectivity index (χ1) is 14.8. The summed E-state index contributed by atoms with van der Waals surface area (Å²) in [5.41, 5.74) is 0.746. The Morgan fingerprint density at radius 1 is 1.29 bits per heavy atom. The summed E-state index contributed by atoms with van der Waals surface area (Å²) in [5, 5.41) is 2.86. The molecule has 1 saturated heterocycles. The molecule has 0 saturated carbocycles. The fourth-order valence-electron chi connectivity index (χ4n) is 4.22. The van der Waals surface area contributed by atoms with Gasteiger partial charge in [0.2, 0.25) is 11.8 Å². The highest BCUT2D eigenvalue weighted by atomic mass is 32.2. The summed E-state index contributed by atoms with van der Waals surface area (Å²) in [6, 6.07) is 6.22. The van der Waals surface area contributed by atoms with E-state index < -0.39 is 16.6 Å². The SMILES string of the molecule is Cc1oc(-c2ccccc2F)nc1CS(=O)CC(=O)NCCCN1CC(C)CC(C)C1. The van der Waals surface area contributed by atoms with Crippen LogP contribution in [0.15, 0.2) is 28.7 Å². The normalized spacial score (nSPS) is 20.5. The first-order valence-corrected chi connectivity index (χ1v) is 12.4. The third-order valence-corrected chi connectivity index (χ3v) is 6.68. The maximum Gasteiger partial charge on any atom is 0.232 e. The van der Waals surface area contributed by atoms with Gasteiger partial charge in [-0.05, 0) is 50.3 Å². The average Bonchev–Trinajstić information content (AvgIpc) is 3.05. The lowest BCUT2D eigenvalue weighted by Gasteiger charge is -2.34. The zero-order valence-corrected chi connectivity index (χ0v) is 19.3. The molecular formula is C23H32FN3O3S. The third kappa shape index (κ3) is 6.97. The summed E-state index contributed by atoms with van der Waals surface area (Å²) in [4.78, 5) is 18.9. The summed E-state index contributed by atoms with van der Waals surface area (Å²) in [5.74, 6) is 1.45. The molecule has 8 heteroatoms. The van der Waals surface area contributed by atoms with E-state index in [1.807, 2.05) is 0 Å². The molecule has 0 aliphatic carbocycles. The minimum absolute atomic E-state index is 0.0842. The number of hydrogen-bond acceptors (Lipinski definition) is 5. The van der Waals surface area contributed by atoms with E-state index >= 15 is 0 Å². The average molecular weight is 450 g/mol. The number of likely N-dealkylation sites (tertiary alicyclic amines) is 1. The standard InChI is InChI=1S/C23H32FN3O3S/c1-16-11-17(2)13-27(12-16)10-6-9-25-22(28)15-31(29)14-21-18(3)30-23(26-21)19-7-4-5-8-20(19)24/h4-5,7-8,16-17H,6,9-15H2,1-3H3,(H,25,28). The fourth-order valence-corrected chi connectivity index (χ4v) is 5.29. The lowest BCUT2D eigenvalue weighted by Crippen LogP contribution is -2.40. The Bertz CT molecular complexity index is 907. The first-order valence-electron chi connectivity index (χ1n) is 10.9. The van der Waals surface area contributed by atoms with Crippen LogP contribution in [0.1, 0.15) is 38.1 Å². The predicted molar refractivity (Wildman–Crippen MR) is 120 cm³/mol. The van der Waals surface area contributed by atoms with Crippen molar-refractivity contribution in [3.05, 3.63) is 41.5 Å². The molecule has 170 valence electrons. The van der Waals surface area contributed by atoms with Crippen LogP contribution in [0.3, 0.4) is 0 Å². The smallest absolute Gasteiger partial charge is 0.232 e. The molecule has 1 amide bonds. The van der Waals surface area contributed by atoms with Crippen molar-refractivity contribution in [1.82, 2.24) is 15.2 Å². The molecular weight excluding hydrogens is 417 g/mol. The number of carbonyl (C=O) groups is 1. The van der Waals surface area contributed by atoms with Gasteiger partial charge in [0.05, 0.1) is 17.0 Å². The molecule has 2 heterocycles. The van der Waals surface area contributed by atoms with E-state index in [9.17, 15) is 13.4 Å². The Kier molecular flexibility index (Phi) is 8.37. The molecule has 0 radical (unpaired) electrons. The van der Waals surface area contributed by atoms with Crippen LogP contribution in [-0.4, -0.2) is 51.9 Å². The second-order valence-electron chi connectivity index (χ2n) is 8.64. The van der Waals surface area contributed by atoms with Crippen molar-refractivity contribution in [2.75, 3.05) is 31.9 Å². The molecule has 1 aromatic heterocycles. The van der Waals surface area contributed by atoms with Crippen LogP contribution in [0.5, 0.6) is 0 Å². The Balaban J connectivity index is 1.41. The maximum atomic E-state index is 13.9. The number of hydrogen-bond donors (Lipinski definition) is 1. The molecule has 6 nitrogen and oxygen atoms in total. The maximum absolute atomic E-state index is 13.9. The van der Waals surface area contributed by atoms with Gasteiger partial charge in [0.25, 0.3) is 0 Å². The second-order valence-corrected chi connectivity index (χ2v) is 10.1. The van der Waals surface area contributed by atoms with Gasteiger partial charge in [0.1, 0.15) is 17.3 Å². The number of benzene rings is 1. The Hall–Kier alpha value is -2.06. The van der Waals surface area contributed by atoms with E-state index in [0.717, 1.165) is 37.9 Å². The molecule has 1 N–H and O–H groups in total. The number of rotatable bonds is 9. The minimum atomic E-state index is -1.42. The molecule has 31 heavy (non-hydrogen) atoms. The first kappa shape index (κ1) is 23.6. The molecule has 1 aliphatic rings. The van der Waals surface area contributed by atoms with Crippen molar-refractivity contribution < 1.29 is 17.8 Å². The van der Waals surface area contributed by atoms with Gasteiger partial charge in [0, 0.05) is 30.4 Å². The molecule has 3 rings (SSSR count). The quantitative estimate of drug-likeness (QED) is 0.593. The monoisotopic (exact) mass is 449 g/mol. The summed E-state index contributed by atoms with van der Waals surface area (Å²) >= 11 is 0. The summed E-state index contributed by atoms with van der Waals surface area (Å²) < 4.78 is 31.9. The Morgan fingerprint density at radius 2 is 2.00 bits per heavy atom. The predicted octanol–water partition coefficient (Wildman–Crippen LogP) is 3.52. The number of amides is 1. The van der Waals surface area contributed by atoms with Crippen molar-refractivity contribution >= 4 is 16.7 Å². The van der Waals surface area contributed by atoms with Gasteiger partial charge >= 0.3 is 0 Å². The van der Waals surface area contributed by atoms with Gasteiger partial charge in [-0.25, -0.2) is 9.37 Å². The lowest BCUT2D eigenvalue weighted by atomic mass is 9.92. The molecule has 1 fully saturated rings. The minimum Gasteiger partial charge on any atom is -0.441 e. The largest absolute Gasteiger partial charge is 0.441 e. The highest BCUT2D eigenvalue weighted by molar-refractivity contribution is 7.84. The number of piperidine rings is 1. The van der Waals surface area contributed by atoms with Crippen LogP contribution in [0.4, 0.5) is 4.39 Å². The molecule has 1 aromatic carbocycles. The molecule has 0 bridgehead atoms. The summed E-state index contributed by atoms with van der Waals surface area (Å²) in [7, 11) is -1.42. The number of carbonyl (C=O) groups excluding carboxylic acids is 1. The van der Waals surface area contributed by atoms with Gasteiger partial charge < -0.3 is 14.6 Å². The number of oxazole rings is 1. The number of aromatic nitrogens is 1. The van der Waals surface area contributed by atoms with Crippen LogP contribution < -0.4 is 5.32 Å². The fraction of sp³-hybridized carbons (Fsp3) is 0.565. The van der Waals surface area contributed by atoms with Crippen molar-refractivity contribution in [3.63, 3.8) is 0 Å². The molecule has 2 aromatic rings. The van der Waals surface area contributed by atoms with E-state index in [0.29, 0.717) is 18.0 Å². The highest BCUT2D eigenvalue weighted by Gasteiger charge is 2.21. The van der Waals surface area contributed by atoms with Gasteiger partial charge in [-0.3, -0.25) is 9.00 Å². The van der Waals surface area contributed by atoms with Gasteiger partial charge in [-0.15, -0.1) is 0 Å². The van der Waals surface area contributed by atoms with Gasteiger partial charge in [-0.2, -0.15) is 0 Å². The summed E-state index contributed by atoms with van der Waals surface area (Å²) in [6.07, 6.45) is 2.16. The van der Waals surface area contributed by atoms with E-state index in [4.69, 9.17) is 4.42 Å². The van der Waals surface area contributed by atoms with E-state index in [2.05, 4.69) is 29.0 Å². The van der Waals surface area contributed by atoms with Crippen molar-refractivity contribution in [2.24, 2.45) is 11.8 Å². The van der Waals surface area contributed by atoms with E-state index in [1.54, 1.807) is 25.1 Å². The van der Waals surface area contributed by atoms with Crippen LogP contribution in [0.2, 0.25) is 0 Å².